The Morgan fingerprint density at radius 2 is 1.22 bits per heavy atom. The van der Waals surface area contributed by atoms with Crippen molar-refractivity contribution in [2.45, 2.75) is 21.3 Å². The summed E-state index contributed by atoms with van der Waals surface area (Å²) in [4.78, 5) is 0. The van der Waals surface area contributed by atoms with E-state index in [0.717, 1.165) is 0 Å². The summed E-state index contributed by atoms with van der Waals surface area (Å²) >= 11 is 0. The molecule has 0 aromatic rings. The van der Waals surface area contributed by atoms with Crippen LogP contribution in [-0.2, 0) is 0 Å². The molecule has 0 atom stereocenters. The van der Waals surface area contributed by atoms with Crippen molar-refractivity contribution in [3.8, 4) is 0 Å². The van der Waals surface area contributed by atoms with Crippen LogP contribution in [0.15, 0.2) is 10.3 Å². The Hall–Kier alpha value is -1.06. The third-order valence-corrected chi connectivity index (χ3v) is 0.824. The summed E-state index contributed by atoms with van der Waals surface area (Å²) in [7, 11) is 0. The molecule has 0 spiro atoms. The quantitative estimate of drug-likeness (QED) is 0.321. The highest BCUT2D eigenvalue weighted by Crippen LogP contribution is 1.79. The molecule has 0 aliphatic rings. The molecule has 0 aliphatic carbocycles. The van der Waals surface area contributed by atoms with Crippen LogP contribution in [0.25, 0.3) is 0 Å². The predicted octanol–water partition coefficient (Wildman–Crippen LogP) is 1.32. The van der Waals surface area contributed by atoms with E-state index in [0.29, 0.717) is 11.4 Å². The molecule has 0 saturated carbocycles. The highest BCUT2D eigenvalue weighted by molar-refractivity contribution is 6.40. The van der Waals surface area contributed by atoms with Gasteiger partial charge in [-0.15, -0.1) is 0 Å². The summed E-state index contributed by atoms with van der Waals surface area (Å²) in [5.74, 6) is 0. The summed E-state index contributed by atoms with van der Waals surface area (Å²) in [6.07, 6.45) is 0. The van der Waals surface area contributed by atoms with Gasteiger partial charge in [0.05, 0.1) is 0 Å². The van der Waals surface area contributed by atoms with Gasteiger partial charge in [0.25, 0.3) is 0 Å². The number of oxime groups is 2. The average molecular weight is 132 g/mol. The van der Waals surface area contributed by atoms with Crippen molar-refractivity contribution in [2.24, 2.45) is 10.3 Å². The number of nitrogens with zero attached hydrogens (tertiary/aromatic N) is 2. The summed E-state index contributed by atoms with van der Waals surface area (Å²) in [5, 5.41) is 21.6. The molecular weight excluding hydrogens is 120 g/mol. The second-order valence-corrected chi connectivity index (χ2v) is 1.37. The molecule has 0 radical (unpaired) electrons. The Balaban J connectivity index is 0. The van der Waals surface area contributed by atoms with Crippen molar-refractivity contribution < 1.29 is 10.4 Å². The Labute approximate surface area is 54.5 Å². The van der Waals surface area contributed by atoms with Gasteiger partial charge >= 0.3 is 0 Å². The van der Waals surface area contributed by atoms with E-state index in [2.05, 4.69) is 10.3 Å². The van der Waals surface area contributed by atoms with Crippen LogP contribution in [-0.4, -0.2) is 21.8 Å². The second kappa shape index (κ2) is 5.08. The van der Waals surface area contributed by atoms with Crippen molar-refractivity contribution in [2.75, 3.05) is 0 Å². The van der Waals surface area contributed by atoms with Crippen LogP contribution in [0.1, 0.15) is 21.3 Å². The van der Waals surface area contributed by atoms with Gasteiger partial charge in [-0.05, 0) is 13.8 Å². The van der Waals surface area contributed by atoms with Crippen LogP contribution in [0.2, 0.25) is 0 Å². The largest absolute Gasteiger partial charge is 0.411 e. The maximum Gasteiger partial charge on any atom is 0.101 e. The van der Waals surface area contributed by atoms with Crippen LogP contribution >= 0.6 is 0 Å². The SMILES string of the molecule is C.CC(=N\O)/C(C)=N/O. The second-order valence-electron chi connectivity index (χ2n) is 1.37. The molecule has 4 nitrogen and oxygen atoms in total. The van der Waals surface area contributed by atoms with Gasteiger partial charge in [-0.3, -0.25) is 0 Å². The van der Waals surface area contributed by atoms with Gasteiger partial charge in [0.2, 0.25) is 0 Å². The lowest BCUT2D eigenvalue weighted by molar-refractivity contribution is 0.313. The molecule has 0 bridgehead atoms. The first-order valence-corrected chi connectivity index (χ1v) is 2.10. The van der Waals surface area contributed by atoms with E-state index >= 15 is 0 Å². The molecule has 0 aliphatic heterocycles. The Bertz CT molecular complexity index is 113. The van der Waals surface area contributed by atoms with Crippen molar-refractivity contribution >= 4 is 11.4 Å². The van der Waals surface area contributed by atoms with Gasteiger partial charge in [-0.1, -0.05) is 17.7 Å². The molecular formula is C5H12N2O2. The molecule has 0 aromatic heterocycles. The van der Waals surface area contributed by atoms with E-state index in [4.69, 9.17) is 10.4 Å². The maximum atomic E-state index is 8.03. The molecule has 0 rings (SSSR count). The zero-order valence-corrected chi connectivity index (χ0v) is 4.79. The topological polar surface area (TPSA) is 65.2 Å². The van der Waals surface area contributed by atoms with E-state index in [1.54, 1.807) is 0 Å². The minimum atomic E-state index is 0. The fourth-order valence-electron chi connectivity index (χ4n) is 0.145. The van der Waals surface area contributed by atoms with Gasteiger partial charge < -0.3 is 10.4 Å². The fourth-order valence-corrected chi connectivity index (χ4v) is 0.145. The highest BCUT2D eigenvalue weighted by atomic mass is 16.4. The van der Waals surface area contributed by atoms with Crippen LogP contribution in [0.5, 0.6) is 0 Å². The van der Waals surface area contributed by atoms with Gasteiger partial charge in [0, 0.05) is 0 Å². The van der Waals surface area contributed by atoms with Crippen LogP contribution in [0.3, 0.4) is 0 Å². The molecule has 2 N–H and O–H groups in total. The first kappa shape index (κ1) is 10.8. The van der Waals surface area contributed by atoms with Gasteiger partial charge in [-0.2, -0.15) is 0 Å². The minimum absolute atomic E-state index is 0. The number of rotatable bonds is 1. The summed E-state index contributed by atoms with van der Waals surface area (Å²) < 4.78 is 0. The van der Waals surface area contributed by atoms with Gasteiger partial charge in [0.1, 0.15) is 11.4 Å². The molecule has 0 unspecified atom stereocenters. The van der Waals surface area contributed by atoms with Crippen molar-refractivity contribution in [3.63, 3.8) is 0 Å². The lowest BCUT2D eigenvalue weighted by atomic mass is 10.3. The smallest absolute Gasteiger partial charge is 0.101 e. The van der Waals surface area contributed by atoms with Crippen LogP contribution in [0, 0.1) is 0 Å². The summed E-state index contributed by atoms with van der Waals surface area (Å²) in [6, 6.07) is 0. The fraction of sp³-hybridized carbons (Fsp3) is 0.600. The molecule has 9 heavy (non-hydrogen) atoms. The lowest BCUT2D eigenvalue weighted by Crippen LogP contribution is -2.04. The number of hydrogen-bond donors (Lipinski definition) is 2. The Morgan fingerprint density at radius 3 is 1.33 bits per heavy atom. The third-order valence-electron chi connectivity index (χ3n) is 0.824. The van der Waals surface area contributed by atoms with Crippen molar-refractivity contribution in [1.82, 2.24) is 0 Å². The van der Waals surface area contributed by atoms with E-state index in [-0.39, 0.29) is 7.43 Å². The van der Waals surface area contributed by atoms with Crippen molar-refractivity contribution in [3.05, 3.63) is 0 Å². The maximum absolute atomic E-state index is 8.03. The molecule has 0 amide bonds. The van der Waals surface area contributed by atoms with Crippen LogP contribution in [0.4, 0.5) is 0 Å². The minimum Gasteiger partial charge on any atom is -0.411 e. The molecule has 4 heteroatoms. The van der Waals surface area contributed by atoms with Crippen molar-refractivity contribution in [1.29, 1.82) is 0 Å². The lowest BCUT2D eigenvalue weighted by Gasteiger charge is -1.88. The zero-order valence-electron chi connectivity index (χ0n) is 4.79. The van der Waals surface area contributed by atoms with Crippen LogP contribution < -0.4 is 0 Å². The van der Waals surface area contributed by atoms with Gasteiger partial charge in [-0.25, -0.2) is 0 Å². The first-order valence-electron chi connectivity index (χ1n) is 2.10. The average Bonchev–Trinajstić information content (AvgIpc) is 1.84. The normalized spacial score (nSPS) is 12.7. The van der Waals surface area contributed by atoms with E-state index in [1.165, 1.54) is 13.8 Å². The monoisotopic (exact) mass is 132 g/mol. The van der Waals surface area contributed by atoms with E-state index in [1.807, 2.05) is 0 Å². The molecule has 54 valence electrons. The van der Waals surface area contributed by atoms with Gasteiger partial charge in [0.15, 0.2) is 0 Å². The highest BCUT2D eigenvalue weighted by Gasteiger charge is 1.93. The Kier molecular flexibility index (Phi) is 6.12. The predicted molar refractivity (Wildman–Crippen MR) is 36.5 cm³/mol. The Morgan fingerprint density at radius 1 is 1.00 bits per heavy atom. The molecule has 0 heterocycles. The zero-order chi connectivity index (χ0) is 6.57. The van der Waals surface area contributed by atoms with E-state index in [9.17, 15) is 0 Å². The van der Waals surface area contributed by atoms with E-state index < -0.39 is 0 Å². The summed E-state index contributed by atoms with van der Waals surface area (Å²) in [5.41, 5.74) is 0.625. The number of hydrogen-bond acceptors (Lipinski definition) is 4. The standard InChI is InChI=1S/C4H8N2O2.CH4/c1-3(5-7)4(2)6-8;/h7-8H,1-2H3;1H4/b5-3+,6-4+;. The molecule has 0 aromatic carbocycles. The third kappa shape index (κ3) is 3.52. The first-order chi connectivity index (χ1) is 3.72. The summed E-state index contributed by atoms with van der Waals surface area (Å²) in [6.45, 7) is 3.07. The molecule has 0 fully saturated rings. The molecule has 0 saturated heterocycles.